The maximum Gasteiger partial charge on any atom is 0.326 e. The molecular weight excluding hydrogens is 282 g/mol. The molecule has 120 valence electrons. The van der Waals surface area contributed by atoms with E-state index < -0.39 is 12.0 Å². The van der Waals surface area contributed by atoms with Crippen LogP contribution in [0.15, 0.2) is 24.3 Å². The van der Waals surface area contributed by atoms with Gasteiger partial charge in [-0.3, -0.25) is 4.79 Å². The first-order valence-corrected chi connectivity index (χ1v) is 7.57. The van der Waals surface area contributed by atoms with Gasteiger partial charge >= 0.3 is 5.97 Å². The van der Waals surface area contributed by atoms with Gasteiger partial charge in [0.2, 0.25) is 0 Å². The molecule has 1 amide bonds. The van der Waals surface area contributed by atoms with Gasteiger partial charge in [-0.2, -0.15) is 0 Å². The molecule has 5 heteroatoms. The maximum atomic E-state index is 12.1. The van der Waals surface area contributed by atoms with Crippen molar-refractivity contribution >= 4 is 11.9 Å². The minimum atomic E-state index is -0.979. The fourth-order valence-corrected chi connectivity index (χ4v) is 2.18. The van der Waals surface area contributed by atoms with Gasteiger partial charge in [0.25, 0.3) is 5.91 Å². The van der Waals surface area contributed by atoms with Crippen LogP contribution in [-0.4, -0.2) is 28.6 Å². The lowest BCUT2D eigenvalue weighted by atomic mass is 10.1. The van der Waals surface area contributed by atoms with Crippen molar-refractivity contribution in [2.24, 2.45) is 5.92 Å². The summed E-state index contributed by atoms with van der Waals surface area (Å²) in [4.78, 5) is 23.3. The molecule has 2 N–H and O–H groups in total. The Bertz CT molecular complexity index is 541. The van der Waals surface area contributed by atoms with E-state index in [4.69, 9.17) is 4.74 Å². The van der Waals surface area contributed by atoms with Gasteiger partial charge in [-0.05, 0) is 57.4 Å². The number of carbonyl (C=O) groups is 2. The Labute approximate surface area is 130 Å². The first-order valence-electron chi connectivity index (χ1n) is 7.57. The van der Waals surface area contributed by atoms with Crippen molar-refractivity contribution in [3.05, 3.63) is 29.8 Å². The molecular formula is C17H23NO4. The number of aliphatic carboxylic acids is 1. The summed E-state index contributed by atoms with van der Waals surface area (Å²) in [7, 11) is 0. The van der Waals surface area contributed by atoms with Crippen LogP contribution in [0.3, 0.4) is 0 Å². The molecule has 1 aromatic carbocycles. The summed E-state index contributed by atoms with van der Waals surface area (Å²) in [6.07, 6.45) is 2.61. The summed E-state index contributed by atoms with van der Waals surface area (Å²) in [5, 5.41) is 11.8. The third-order valence-electron chi connectivity index (χ3n) is 3.41. The van der Waals surface area contributed by atoms with Crippen LogP contribution < -0.4 is 10.1 Å². The zero-order valence-electron chi connectivity index (χ0n) is 13.3. The fourth-order valence-electron chi connectivity index (χ4n) is 2.18. The van der Waals surface area contributed by atoms with Crippen molar-refractivity contribution in [1.82, 2.24) is 5.32 Å². The van der Waals surface area contributed by atoms with Crippen molar-refractivity contribution in [1.29, 1.82) is 0 Å². The van der Waals surface area contributed by atoms with Crippen LogP contribution in [0.2, 0.25) is 0 Å². The van der Waals surface area contributed by atoms with Gasteiger partial charge < -0.3 is 15.2 Å². The lowest BCUT2D eigenvalue weighted by Gasteiger charge is -2.21. The van der Waals surface area contributed by atoms with E-state index in [1.807, 2.05) is 20.8 Å². The third-order valence-corrected chi connectivity index (χ3v) is 3.41. The topological polar surface area (TPSA) is 75.6 Å². The predicted octanol–water partition coefficient (Wildman–Crippen LogP) is 2.85. The van der Waals surface area contributed by atoms with Gasteiger partial charge in [-0.25, -0.2) is 4.79 Å². The van der Waals surface area contributed by atoms with E-state index in [0.717, 1.165) is 12.8 Å². The number of nitrogens with one attached hydrogen (secondary N) is 1. The van der Waals surface area contributed by atoms with Gasteiger partial charge in [0.05, 0.1) is 0 Å². The van der Waals surface area contributed by atoms with E-state index in [0.29, 0.717) is 23.7 Å². The Morgan fingerprint density at radius 3 is 2.32 bits per heavy atom. The Balaban J connectivity index is 1.97. The van der Waals surface area contributed by atoms with Crippen LogP contribution in [-0.2, 0) is 4.79 Å². The number of carbonyl (C=O) groups excluding carboxylic acids is 1. The summed E-state index contributed by atoms with van der Waals surface area (Å²) in [5.74, 6) is -0.232. The van der Waals surface area contributed by atoms with Crippen LogP contribution in [0.5, 0.6) is 5.75 Å². The average molecular weight is 305 g/mol. The molecule has 1 unspecified atom stereocenters. The highest BCUT2D eigenvalue weighted by Crippen LogP contribution is 2.33. The molecule has 0 radical (unpaired) electrons. The van der Waals surface area contributed by atoms with Crippen LogP contribution in [0.1, 0.15) is 50.4 Å². The number of benzene rings is 1. The van der Waals surface area contributed by atoms with Crippen molar-refractivity contribution in [2.75, 3.05) is 0 Å². The van der Waals surface area contributed by atoms with E-state index >= 15 is 0 Å². The first kappa shape index (κ1) is 16.3. The summed E-state index contributed by atoms with van der Waals surface area (Å²) < 4.78 is 5.69. The SMILES string of the molecule is CC(C)(C)Oc1ccc(C(=O)NC(CC2CC2)C(=O)O)cc1. The monoisotopic (exact) mass is 305 g/mol. The second kappa shape index (κ2) is 6.38. The molecule has 1 aromatic rings. The van der Waals surface area contributed by atoms with Gasteiger partial charge in [-0.1, -0.05) is 12.8 Å². The summed E-state index contributed by atoms with van der Waals surface area (Å²) in [6.45, 7) is 5.84. The van der Waals surface area contributed by atoms with E-state index in [-0.39, 0.29) is 11.5 Å². The summed E-state index contributed by atoms with van der Waals surface area (Å²) in [6, 6.07) is 5.91. The predicted molar refractivity (Wildman–Crippen MR) is 83.1 cm³/mol. The van der Waals surface area contributed by atoms with Crippen LogP contribution in [0.25, 0.3) is 0 Å². The highest BCUT2D eigenvalue weighted by Gasteiger charge is 2.30. The van der Waals surface area contributed by atoms with E-state index in [1.54, 1.807) is 24.3 Å². The third kappa shape index (κ3) is 5.06. The maximum absolute atomic E-state index is 12.1. The van der Waals surface area contributed by atoms with Gasteiger partial charge in [0.1, 0.15) is 17.4 Å². The summed E-state index contributed by atoms with van der Waals surface area (Å²) in [5.41, 5.74) is 0.130. The van der Waals surface area contributed by atoms with E-state index in [1.165, 1.54) is 0 Å². The summed E-state index contributed by atoms with van der Waals surface area (Å²) >= 11 is 0. The van der Waals surface area contributed by atoms with Gasteiger partial charge in [0, 0.05) is 5.56 Å². The highest BCUT2D eigenvalue weighted by molar-refractivity contribution is 5.96. The van der Waals surface area contributed by atoms with Crippen molar-refractivity contribution in [2.45, 2.75) is 51.7 Å². The van der Waals surface area contributed by atoms with Gasteiger partial charge in [0.15, 0.2) is 0 Å². The van der Waals surface area contributed by atoms with Crippen molar-refractivity contribution < 1.29 is 19.4 Å². The Hall–Kier alpha value is -2.04. The molecule has 1 aliphatic carbocycles. The molecule has 1 atom stereocenters. The van der Waals surface area contributed by atoms with E-state index in [9.17, 15) is 14.7 Å². The van der Waals surface area contributed by atoms with Gasteiger partial charge in [-0.15, -0.1) is 0 Å². The molecule has 0 saturated heterocycles. The highest BCUT2D eigenvalue weighted by atomic mass is 16.5. The van der Waals surface area contributed by atoms with Crippen molar-refractivity contribution in [3.63, 3.8) is 0 Å². The minimum absolute atomic E-state index is 0.303. The quantitative estimate of drug-likeness (QED) is 0.847. The zero-order chi connectivity index (χ0) is 16.3. The normalized spacial score (nSPS) is 16.0. The van der Waals surface area contributed by atoms with Crippen LogP contribution >= 0.6 is 0 Å². The van der Waals surface area contributed by atoms with Crippen LogP contribution in [0.4, 0.5) is 0 Å². The molecule has 1 fully saturated rings. The number of carboxylic acid groups (broad SMARTS) is 1. The van der Waals surface area contributed by atoms with Crippen molar-refractivity contribution in [3.8, 4) is 5.75 Å². The smallest absolute Gasteiger partial charge is 0.326 e. The lowest BCUT2D eigenvalue weighted by molar-refractivity contribution is -0.139. The molecule has 0 heterocycles. The number of hydrogen-bond acceptors (Lipinski definition) is 3. The lowest BCUT2D eigenvalue weighted by Crippen LogP contribution is -2.41. The second-order valence-electron chi connectivity index (χ2n) is 6.78. The molecule has 22 heavy (non-hydrogen) atoms. The molecule has 0 spiro atoms. The number of ether oxygens (including phenoxy) is 1. The molecule has 0 aromatic heterocycles. The first-order chi connectivity index (χ1) is 10.2. The Kier molecular flexibility index (Phi) is 4.74. The number of amides is 1. The number of hydrogen-bond donors (Lipinski definition) is 2. The molecule has 0 bridgehead atoms. The Morgan fingerprint density at radius 2 is 1.86 bits per heavy atom. The molecule has 5 nitrogen and oxygen atoms in total. The zero-order valence-corrected chi connectivity index (χ0v) is 13.3. The largest absolute Gasteiger partial charge is 0.488 e. The standard InChI is InChI=1S/C17H23NO4/c1-17(2,3)22-13-8-6-12(7-9-13)15(19)18-14(16(20)21)10-11-4-5-11/h6-9,11,14H,4-5,10H2,1-3H3,(H,18,19)(H,20,21). The number of carboxylic acids is 1. The average Bonchev–Trinajstić information content (AvgIpc) is 3.20. The molecule has 0 aliphatic heterocycles. The fraction of sp³-hybridized carbons (Fsp3) is 0.529. The Morgan fingerprint density at radius 1 is 1.27 bits per heavy atom. The van der Waals surface area contributed by atoms with E-state index in [2.05, 4.69) is 5.32 Å². The second-order valence-corrected chi connectivity index (χ2v) is 6.78. The molecule has 1 saturated carbocycles. The number of rotatable bonds is 6. The van der Waals surface area contributed by atoms with Crippen LogP contribution in [0, 0.1) is 5.92 Å². The molecule has 2 rings (SSSR count). The molecule has 1 aliphatic rings. The minimum Gasteiger partial charge on any atom is -0.488 e.